The van der Waals surface area contributed by atoms with Gasteiger partial charge in [-0.3, -0.25) is 0 Å². The zero-order valence-corrected chi connectivity index (χ0v) is 32.8. The van der Waals surface area contributed by atoms with Crippen LogP contribution in [-0.4, -0.2) is 13.7 Å². The maximum absolute atomic E-state index is 2.57. The number of fused-ring (bicyclic) bond motifs is 12. The van der Waals surface area contributed by atoms with Gasteiger partial charge in [0.1, 0.15) is 0 Å². The number of hydrogen-bond donors (Lipinski definition) is 0. The Bertz CT molecular complexity index is 3440. The van der Waals surface area contributed by atoms with Crippen molar-refractivity contribution in [3.05, 3.63) is 175 Å². The normalized spacial score (nSPS) is 15.2. The molecule has 274 valence electrons. The molecule has 3 nitrogen and oxygen atoms in total. The van der Waals surface area contributed by atoms with Gasteiger partial charge in [-0.15, -0.1) is 0 Å². The van der Waals surface area contributed by atoms with Crippen molar-refractivity contribution < 1.29 is 0 Å². The van der Waals surface area contributed by atoms with Crippen molar-refractivity contribution in [2.24, 2.45) is 0 Å². The molecule has 0 bridgehead atoms. The summed E-state index contributed by atoms with van der Waals surface area (Å²) in [6, 6.07) is 61.3. The quantitative estimate of drug-likeness (QED) is 0.172. The molecule has 0 N–H and O–H groups in total. The smallest absolute Gasteiger partial charge is 0.0561 e. The summed E-state index contributed by atoms with van der Waals surface area (Å²) >= 11 is 0. The minimum atomic E-state index is 0.0771. The summed E-state index contributed by atoms with van der Waals surface area (Å²) < 4.78 is 7.49. The standard InChI is InChI=1S/C54H43N3/c1-53(2)27-28-54(3,4)45-33-51-41(30-44(45)53)42-31-50-43(52-38-20-12-11-15-34(38)23-26-47(52)56(50)36-18-9-6-10-19-36)32-49(42)57(51)37-24-25-40-39-21-13-14-22-46(39)55(48(40)29-37)35-16-7-5-8-17-35/h5-26,29-33H,27-28H2,1-4H3. The predicted molar refractivity (Wildman–Crippen MR) is 242 cm³/mol. The maximum atomic E-state index is 2.57. The molecule has 0 saturated heterocycles. The van der Waals surface area contributed by atoms with E-state index in [0.717, 1.165) is 0 Å². The Balaban J connectivity index is 1.27. The van der Waals surface area contributed by atoms with E-state index in [1.165, 1.54) is 117 Å². The van der Waals surface area contributed by atoms with Crippen LogP contribution in [0.15, 0.2) is 164 Å². The molecule has 57 heavy (non-hydrogen) atoms. The fourth-order valence-corrected chi connectivity index (χ4v) is 10.4. The second-order valence-corrected chi connectivity index (χ2v) is 17.6. The molecule has 1 aliphatic carbocycles. The molecule has 0 radical (unpaired) electrons. The molecule has 3 heteroatoms. The molecule has 11 aromatic rings. The van der Waals surface area contributed by atoms with Gasteiger partial charge >= 0.3 is 0 Å². The number of para-hydroxylation sites is 3. The van der Waals surface area contributed by atoms with Crippen LogP contribution in [0.25, 0.3) is 93.3 Å². The van der Waals surface area contributed by atoms with E-state index in [0.29, 0.717) is 0 Å². The molecule has 8 aromatic carbocycles. The van der Waals surface area contributed by atoms with E-state index >= 15 is 0 Å². The lowest BCUT2D eigenvalue weighted by Crippen LogP contribution is -2.33. The van der Waals surface area contributed by atoms with E-state index < -0.39 is 0 Å². The van der Waals surface area contributed by atoms with Crippen molar-refractivity contribution in [3.8, 4) is 17.1 Å². The van der Waals surface area contributed by atoms with E-state index in [1.54, 1.807) is 0 Å². The third-order valence-electron chi connectivity index (χ3n) is 13.5. The lowest BCUT2D eigenvalue weighted by atomic mass is 9.63. The Morgan fingerprint density at radius 3 is 1.58 bits per heavy atom. The Hall–Kier alpha value is -6.58. The average molecular weight is 734 g/mol. The minimum absolute atomic E-state index is 0.0771. The second kappa shape index (κ2) is 11.5. The zero-order valence-electron chi connectivity index (χ0n) is 32.8. The van der Waals surface area contributed by atoms with Crippen LogP contribution in [0.3, 0.4) is 0 Å². The van der Waals surface area contributed by atoms with Crippen LogP contribution < -0.4 is 0 Å². The summed E-state index contributed by atoms with van der Waals surface area (Å²) in [4.78, 5) is 0. The number of rotatable bonds is 3. The van der Waals surface area contributed by atoms with Gasteiger partial charge < -0.3 is 13.7 Å². The topological polar surface area (TPSA) is 14.8 Å². The second-order valence-electron chi connectivity index (χ2n) is 17.6. The summed E-state index contributed by atoms with van der Waals surface area (Å²) in [6.07, 6.45) is 2.35. The van der Waals surface area contributed by atoms with Gasteiger partial charge in [0.15, 0.2) is 0 Å². The Kier molecular flexibility index (Phi) is 6.58. The summed E-state index contributed by atoms with van der Waals surface area (Å²) in [5, 5.41) is 10.2. The van der Waals surface area contributed by atoms with Crippen LogP contribution in [-0.2, 0) is 10.8 Å². The highest BCUT2D eigenvalue weighted by atomic mass is 15.0. The largest absolute Gasteiger partial charge is 0.309 e. The number of nitrogens with zero attached hydrogens (tertiary/aromatic N) is 3. The van der Waals surface area contributed by atoms with Gasteiger partial charge in [-0.25, -0.2) is 0 Å². The van der Waals surface area contributed by atoms with E-state index in [4.69, 9.17) is 0 Å². The zero-order chi connectivity index (χ0) is 38.2. The van der Waals surface area contributed by atoms with Gasteiger partial charge in [-0.05, 0) is 118 Å². The number of hydrogen-bond acceptors (Lipinski definition) is 0. The van der Waals surface area contributed by atoms with Gasteiger partial charge in [-0.2, -0.15) is 0 Å². The molecule has 12 rings (SSSR count). The van der Waals surface area contributed by atoms with Crippen LogP contribution in [0.1, 0.15) is 51.7 Å². The van der Waals surface area contributed by atoms with Crippen LogP contribution in [0, 0.1) is 0 Å². The van der Waals surface area contributed by atoms with E-state index in [-0.39, 0.29) is 10.8 Å². The highest BCUT2D eigenvalue weighted by Gasteiger charge is 2.38. The molecule has 0 aliphatic heterocycles. The van der Waals surface area contributed by atoms with Gasteiger partial charge in [0, 0.05) is 49.4 Å². The van der Waals surface area contributed by atoms with E-state index in [9.17, 15) is 0 Å². The lowest BCUT2D eigenvalue weighted by Gasteiger charge is -2.42. The van der Waals surface area contributed by atoms with E-state index in [1.807, 2.05) is 0 Å². The molecule has 3 aromatic heterocycles. The summed E-state index contributed by atoms with van der Waals surface area (Å²) in [5.74, 6) is 0. The lowest BCUT2D eigenvalue weighted by molar-refractivity contribution is 0.332. The third kappa shape index (κ3) is 4.54. The highest BCUT2D eigenvalue weighted by molar-refractivity contribution is 6.25. The first kappa shape index (κ1) is 32.6. The minimum Gasteiger partial charge on any atom is -0.309 e. The van der Waals surface area contributed by atoms with Gasteiger partial charge in [0.05, 0.1) is 33.1 Å². The molecule has 0 saturated carbocycles. The Morgan fingerprint density at radius 2 is 0.842 bits per heavy atom. The fourth-order valence-electron chi connectivity index (χ4n) is 10.4. The highest BCUT2D eigenvalue weighted by Crippen LogP contribution is 2.50. The van der Waals surface area contributed by atoms with Crippen molar-refractivity contribution in [1.82, 2.24) is 13.7 Å². The van der Waals surface area contributed by atoms with Crippen molar-refractivity contribution in [2.45, 2.75) is 51.4 Å². The first-order valence-electron chi connectivity index (χ1n) is 20.4. The Morgan fingerprint density at radius 1 is 0.333 bits per heavy atom. The van der Waals surface area contributed by atoms with Crippen LogP contribution >= 0.6 is 0 Å². The molecular formula is C54H43N3. The number of benzene rings is 8. The fraction of sp³-hybridized carbons (Fsp3) is 0.148. The average Bonchev–Trinajstić information content (AvgIpc) is 3.86. The van der Waals surface area contributed by atoms with Crippen LogP contribution in [0.4, 0.5) is 0 Å². The summed E-state index contributed by atoms with van der Waals surface area (Å²) in [6.45, 7) is 9.77. The summed E-state index contributed by atoms with van der Waals surface area (Å²) in [7, 11) is 0. The van der Waals surface area contributed by atoms with E-state index in [2.05, 4.69) is 205 Å². The first-order valence-corrected chi connectivity index (χ1v) is 20.4. The molecule has 1 aliphatic rings. The van der Waals surface area contributed by atoms with Crippen molar-refractivity contribution in [2.75, 3.05) is 0 Å². The third-order valence-corrected chi connectivity index (χ3v) is 13.5. The van der Waals surface area contributed by atoms with Gasteiger partial charge in [0.2, 0.25) is 0 Å². The summed E-state index contributed by atoms with van der Waals surface area (Å²) in [5.41, 5.74) is 14.0. The SMILES string of the molecule is CC1(C)CCC(C)(C)c2cc3c(cc21)c1cc2c(cc1n3-c1ccc3c4ccccc4n(-c4ccccc4)c3c1)c1c3ccccc3ccc1n2-c1ccccc1. The van der Waals surface area contributed by atoms with Crippen LogP contribution in [0.2, 0.25) is 0 Å². The molecule has 0 amide bonds. The molecule has 0 unspecified atom stereocenters. The Labute approximate surface area is 332 Å². The van der Waals surface area contributed by atoms with Crippen molar-refractivity contribution in [3.63, 3.8) is 0 Å². The van der Waals surface area contributed by atoms with Crippen LogP contribution in [0.5, 0.6) is 0 Å². The van der Waals surface area contributed by atoms with Crippen molar-refractivity contribution in [1.29, 1.82) is 0 Å². The molecule has 0 spiro atoms. The van der Waals surface area contributed by atoms with Crippen molar-refractivity contribution >= 4 is 76.2 Å². The van der Waals surface area contributed by atoms with Gasteiger partial charge in [0.25, 0.3) is 0 Å². The monoisotopic (exact) mass is 733 g/mol. The molecule has 0 atom stereocenters. The van der Waals surface area contributed by atoms with Gasteiger partial charge in [-0.1, -0.05) is 119 Å². The number of aromatic nitrogens is 3. The molecule has 0 fully saturated rings. The molecule has 3 heterocycles. The maximum Gasteiger partial charge on any atom is 0.0561 e. The predicted octanol–water partition coefficient (Wildman–Crippen LogP) is 14.5. The molecular weight excluding hydrogens is 691 g/mol. The first-order chi connectivity index (χ1) is 27.8.